The Morgan fingerprint density at radius 1 is 1.03 bits per heavy atom. The van der Waals surface area contributed by atoms with Gasteiger partial charge in [0.2, 0.25) is 0 Å². The Bertz CT molecular complexity index is 1060. The number of hydrogen-bond donors (Lipinski definition) is 2. The Kier molecular flexibility index (Phi) is 8.55. The summed E-state index contributed by atoms with van der Waals surface area (Å²) in [5.41, 5.74) is 4.65. The number of ether oxygens (including phenoxy) is 1. The number of amides is 1. The summed E-state index contributed by atoms with van der Waals surface area (Å²) in [6.45, 7) is 3.31. The number of hydrogen-bond acceptors (Lipinski definition) is 4. The third-order valence-electron chi connectivity index (χ3n) is 6.54. The fraction of sp³-hybridized carbons (Fsp3) is 0.379. The van der Waals surface area contributed by atoms with Crippen molar-refractivity contribution in [3.8, 4) is 5.75 Å². The first-order valence-corrected chi connectivity index (χ1v) is 12.5. The highest BCUT2D eigenvalue weighted by Gasteiger charge is 2.14. The molecule has 1 fully saturated rings. The lowest BCUT2D eigenvalue weighted by Crippen LogP contribution is -2.26. The number of aryl methyl sites for hydroxylation is 1. The molecule has 5 nitrogen and oxygen atoms in total. The van der Waals surface area contributed by atoms with Crippen molar-refractivity contribution in [2.24, 2.45) is 5.92 Å². The van der Waals surface area contributed by atoms with Crippen LogP contribution in [0.1, 0.15) is 67.1 Å². The van der Waals surface area contributed by atoms with Crippen LogP contribution >= 0.6 is 0 Å². The van der Waals surface area contributed by atoms with Crippen LogP contribution in [-0.2, 0) is 13.0 Å². The maximum absolute atomic E-state index is 12.7. The van der Waals surface area contributed by atoms with Crippen LogP contribution in [0.25, 0.3) is 0 Å². The number of anilines is 2. The van der Waals surface area contributed by atoms with Gasteiger partial charge in [0.05, 0.1) is 5.69 Å². The largest absolute Gasteiger partial charge is 0.487 e. The molecule has 34 heavy (non-hydrogen) atoms. The van der Waals surface area contributed by atoms with Gasteiger partial charge in [-0.2, -0.15) is 0 Å². The summed E-state index contributed by atoms with van der Waals surface area (Å²) in [6.07, 6.45) is 10.4. The summed E-state index contributed by atoms with van der Waals surface area (Å²) in [5, 5.41) is 6.59. The van der Waals surface area contributed by atoms with Gasteiger partial charge in [-0.05, 0) is 72.9 Å². The van der Waals surface area contributed by atoms with Crippen LogP contribution in [0.3, 0.4) is 0 Å². The van der Waals surface area contributed by atoms with Gasteiger partial charge in [-0.15, -0.1) is 0 Å². The predicted molar refractivity (Wildman–Crippen MR) is 138 cm³/mol. The number of benzene rings is 2. The Balaban J connectivity index is 1.34. The third-order valence-corrected chi connectivity index (χ3v) is 6.54. The average molecular weight is 458 g/mol. The quantitative estimate of drug-likeness (QED) is 0.357. The second kappa shape index (κ2) is 12.2. The van der Waals surface area contributed by atoms with Crippen molar-refractivity contribution < 1.29 is 9.53 Å². The lowest BCUT2D eigenvalue weighted by molar-refractivity contribution is 0.0950. The average Bonchev–Trinajstić information content (AvgIpc) is 2.89. The van der Waals surface area contributed by atoms with Crippen LogP contribution in [-0.4, -0.2) is 17.4 Å². The minimum Gasteiger partial charge on any atom is -0.487 e. The normalized spacial score (nSPS) is 13.9. The molecule has 0 saturated heterocycles. The number of nitrogens with one attached hydrogen (secondary N) is 2. The number of nitrogens with zero attached hydrogens (tertiary/aromatic N) is 1. The van der Waals surface area contributed by atoms with Gasteiger partial charge in [0, 0.05) is 29.7 Å². The summed E-state index contributed by atoms with van der Waals surface area (Å²) in [7, 11) is 0. The van der Waals surface area contributed by atoms with Crippen molar-refractivity contribution >= 4 is 17.3 Å². The molecule has 1 aliphatic carbocycles. The van der Waals surface area contributed by atoms with E-state index in [1.165, 1.54) is 32.1 Å². The molecule has 2 N–H and O–H groups in total. The first-order chi connectivity index (χ1) is 16.7. The molecule has 2 aromatic carbocycles. The van der Waals surface area contributed by atoms with E-state index in [0.717, 1.165) is 53.7 Å². The van der Waals surface area contributed by atoms with E-state index in [0.29, 0.717) is 12.2 Å². The van der Waals surface area contributed by atoms with E-state index < -0.39 is 0 Å². The van der Waals surface area contributed by atoms with Gasteiger partial charge >= 0.3 is 0 Å². The minimum atomic E-state index is -0.00607. The second-order valence-corrected chi connectivity index (χ2v) is 9.04. The molecule has 1 heterocycles. The van der Waals surface area contributed by atoms with E-state index in [4.69, 9.17) is 4.74 Å². The van der Waals surface area contributed by atoms with E-state index in [2.05, 4.69) is 28.6 Å². The Hall–Kier alpha value is -3.34. The molecule has 1 aromatic heterocycles. The van der Waals surface area contributed by atoms with Gasteiger partial charge in [0.15, 0.2) is 0 Å². The molecule has 4 rings (SSSR count). The van der Waals surface area contributed by atoms with Crippen molar-refractivity contribution in [3.63, 3.8) is 0 Å². The van der Waals surface area contributed by atoms with Crippen molar-refractivity contribution in [3.05, 3.63) is 83.7 Å². The summed E-state index contributed by atoms with van der Waals surface area (Å²) >= 11 is 0. The molecule has 1 aliphatic rings. The smallest absolute Gasteiger partial charge is 0.251 e. The zero-order chi connectivity index (χ0) is 23.6. The van der Waals surface area contributed by atoms with Crippen molar-refractivity contribution in [1.82, 2.24) is 10.3 Å². The molecule has 0 bridgehead atoms. The minimum absolute atomic E-state index is 0.00607. The van der Waals surface area contributed by atoms with Crippen LogP contribution in [0.15, 0.2) is 66.9 Å². The summed E-state index contributed by atoms with van der Waals surface area (Å²) in [6, 6.07) is 19.6. The summed E-state index contributed by atoms with van der Waals surface area (Å²) in [5.74, 6) is 1.58. The van der Waals surface area contributed by atoms with Gasteiger partial charge in [-0.1, -0.05) is 51.2 Å². The second-order valence-electron chi connectivity index (χ2n) is 9.04. The maximum Gasteiger partial charge on any atom is 0.251 e. The highest BCUT2D eigenvalue weighted by molar-refractivity contribution is 5.95. The summed E-state index contributed by atoms with van der Waals surface area (Å²) in [4.78, 5) is 17.0. The lowest BCUT2D eigenvalue weighted by atomic mass is 9.87. The van der Waals surface area contributed by atoms with E-state index in [9.17, 15) is 4.79 Å². The first-order valence-electron chi connectivity index (χ1n) is 12.5. The molecule has 0 aliphatic heterocycles. The van der Waals surface area contributed by atoms with Crippen LogP contribution in [0.4, 0.5) is 11.4 Å². The fourth-order valence-corrected chi connectivity index (χ4v) is 4.58. The topological polar surface area (TPSA) is 63.2 Å². The predicted octanol–water partition coefficient (Wildman–Crippen LogP) is 6.67. The van der Waals surface area contributed by atoms with Gasteiger partial charge in [-0.25, -0.2) is 0 Å². The monoisotopic (exact) mass is 457 g/mol. The Morgan fingerprint density at radius 3 is 2.71 bits per heavy atom. The zero-order valence-electron chi connectivity index (χ0n) is 20.1. The number of carbonyl (C=O) groups is 1. The van der Waals surface area contributed by atoms with E-state index in [-0.39, 0.29) is 5.91 Å². The van der Waals surface area contributed by atoms with Crippen LogP contribution < -0.4 is 15.4 Å². The van der Waals surface area contributed by atoms with Crippen molar-refractivity contribution in [2.75, 3.05) is 11.9 Å². The standard InChI is InChI=1S/C29H35N3O2/c1-2-23-20-27(34-21-26-12-6-7-17-30-26)14-15-28(23)32-25-13-8-11-24(19-25)29(33)31-18-16-22-9-4-3-5-10-22/h6-8,11-15,17,19-20,22,32H,2-5,9-10,16,18,21H2,1H3,(H,31,33). The molecule has 3 aromatic rings. The highest BCUT2D eigenvalue weighted by Crippen LogP contribution is 2.27. The van der Waals surface area contributed by atoms with Gasteiger partial charge in [0.1, 0.15) is 12.4 Å². The molecule has 1 saturated carbocycles. The molecular weight excluding hydrogens is 422 g/mol. The summed E-state index contributed by atoms with van der Waals surface area (Å²) < 4.78 is 5.93. The van der Waals surface area contributed by atoms with Crippen LogP contribution in [0.5, 0.6) is 5.75 Å². The molecule has 0 radical (unpaired) electrons. The van der Waals surface area contributed by atoms with Gasteiger partial charge in [0.25, 0.3) is 5.91 Å². The Labute approximate surface area is 203 Å². The molecule has 0 spiro atoms. The number of aromatic nitrogens is 1. The SMILES string of the molecule is CCc1cc(OCc2ccccn2)ccc1Nc1cccc(C(=O)NCCC2CCCCC2)c1. The fourth-order valence-electron chi connectivity index (χ4n) is 4.58. The third kappa shape index (κ3) is 6.83. The van der Waals surface area contributed by atoms with Crippen molar-refractivity contribution in [2.45, 2.75) is 58.5 Å². The number of rotatable bonds is 10. The highest BCUT2D eigenvalue weighted by atomic mass is 16.5. The first kappa shape index (κ1) is 23.8. The molecule has 5 heteroatoms. The van der Waals surface area contributed by atoms with E-state index in [1.54, 1.807) is 6.20 Å². The van der Waals surface area contributed by atoms with Crippen LogP contribution in [0, 0.1) is 5.92 Å². The van der Waals surface area contributed by atoms with Crippen molar-refractivity contribution in [1.29, 1.82) is 0 Å². The molecular formula is C29H35N3O2. The van der Waals surface area contributed by atoms with Gasteiger partial charge < -0.3 is 15.4 Å². The maximum atomic E-state index is 12.7. The molecule has 0 unspecified atom stereocenters. The molecule has 178 valence electrons. The zero-order valence-corrected chi connectivity index (χ0v) is 20.1. The van der Waals surface area contributed by atoms with E-state index >= 15 is 0 Å². The Morgan fingerprint density at radius 2 is 1.91 bits per heavy atom. The number of pyridine rings is 1. The molecule has 0 atom stereocenters. The number of carbonyl (C=O) groups excluding carboxylic acids is 1. The van der Waals surface area contributed by atoms with Crippen LogP contribution in [0.2, 0.25) is 0 Å². The van der Waals surface area contributed by atoms with E-state index in [1.807, 2.05) is 54.6 Å². The molecule has 1 amide bonds. The van der Waals surface area contributed by atoms with Gasteiger partial charge in [-0.3, -0.25) is 9.78 Å². The lowest BCUT2D eigenvalue weighted by Gasteiger charge is -2.21.